The van der Waals surface area contributed by atoms with Crippen LogP contribution in [0.1, 0.15) is 81.4 Å². The number of hydrogen-bond donors (Lipinski definition) is 2. The molecule has 0 saturated carbocycles. The van der Waals surface area contributed by atoms with Crippen molar-refractivity contribution in [3.8, 4) is 0 Å². The van der Waals surface area contributed by atoms with E-state index in [2.05, 4.69) is 26.3 Å². The van der Waals surface area contributed by atoms with Gasteiger partial charge in [0, 0.05) is 17.8 Å². The number of aromatic nitrogens is 3. The van der Waals surface area contributed by atoms with Crippen LogP contribution in [0.15, 0.2) is 60.8 Å². The minimum Gasteiger partial charge on any atom is -0.341 e. The maximum Gasteiger partial charge on any atom is 0.416 e. The number of H-pyrrole nitrogens is 1. The third-order valence-corrected chi connectivity index (χ3v) is 7.84. The number of nitrogens with zero attached hydrogens (tertiary/aromatic N) is 3. The van der Waals surface area contributed by atoms with Gasteiger partial charge in [-0.2, -0.15) is 13.2 Å². The van der Waals surface area contributed by atoms with Gasteiger partial charge in [-0.1, -0.05) is 18.2 Å². The molecule has 0 radical (unpaired) electrons. The molecule has 2 N–H and O–H groups in total. The Morgan fingerprint density at radius 1 is 1.05 bits per heavy atom. The number of alkyl halides is 3. The minimum absolute atomic E-state index is 0.141. The number of carbonyl (C=O) groups is 2. The maximum absolute atomic E-state index is 13.3. The highest BCUT2D eigenvalue weighted by atomic mass is 19.4. The highest BCUT2D eigenvalue weighted by Crippen LogP contribution is 2.35. The van der Waals surface area contributed by atoms with Gasteiger partial charge in [-0.15, -0.1) is 0 Å². The van der Waals surface area contributed by atoms with E-state index in [4.69, 9.17) is 0 Å². The summed E-state index contributed by atoms with van der Waals surface area (Å²) < 4.78 is 39.4. The molecule has 206 valence electrons. The number of pyridine rings is 1. The zero-order valence-electron chi connectivity index (χ0n) is 21.7. The van der Waals surface area contributed by atoms with E-state index in [9.17, 15) is 22.8 Å². The van der Waals surface area contributed by atoms with Crippen LogP contribution in [0.25, 0.3) is 11.0 Å². The minimum atomic E-state index is -4.46. The van der Waals surface area contributed by atoms with Crippen molar-refractivity contribution in [1.29, 1.82) is 0 Å². The molecule has 1 aliphatic heterocycles. The lowest BCUT2D eigenvalue weighted by Crippen LogP contribution is -2.48. The summed E-state index contributed by atoms with van der Waals surface area (Å²) >= 11 is 0. The second-order valence-corrected chi connectivity index (χ2v) is 10.4. The van der Waals surface area contributed by atoms with Gasteiger partial charge in [-0.25, -0.2) is 4.98 Å². The van der Waals surface area contributed by atoms with Crippen LogP contribution in [0.5, 0.6) is 0 Å². The van der Waals surface area contributed by atoms with Crippen LogP contribution in [0.2, 0.25) is 0 Å². The quantitative estimate of drug-likeness (QED) is 0.265. The van der Waals surface area contributed by atoms with Crippen molar-refractivity contribution in [2.45, 2.75) is 63.3 Å². The highest BCUT2D eigenvalue weighted by molar-refractivity contribution is 6.21. The second kappa shape index (κ2) is 10.5. The largest absolute Gasteiger partial charge is 0.416 e. The van der Waals surface area contributed by atoms with Gasteiger partial charge in [-0.05, 0) is 80.5 Å². The van der Waals surface area contributed by atoms with Gasteiger partial charge in [0.15, 0.2) is 0 Å². The van der Waals surface area contributed by atoms with Crippen molar-refractivity contribution in [3.63, 3.8) is 0 Å². The van der Waals surface area contributed by atoms with E-state index < -0.39 is 17.9 Å². The molecule has 4 aromatic rings. The first-order chi connectivity index (χ1) is 19.3. The number of rotatable bonds is 8. The van der Waals surface area contributed by atoms with E-state index in [1.807, 2.05) is 12.3 Å². The summed E-state index contributed by atoms with van der Waals surface area (Å²) in [4.78, 5) is 39.8. The number of hydrogen-bond acceptors (Lipinski definition) is 5. The third kappa shape index (κ3) is 4.99. The number of halogens is 3. The van der Waals surface area contributed by atoms with Crippen LogP contribution in [0.3, 0.4) is 0 Å². The van der Waals surface area contributed by atoms with Crippen LogP contribution < -0.4 is 5.32 Å². The van der Waals surface area contributed by atoms with E-state index in [0.717, 1.165) is 49.9 Å². The fraction of sp³-hybridized carbons (Fsp3) is 0.333. The van der Waals surface area contributed by atoms with Crippen molar-refractivity contribution >= 4 is 22.8 Å². The van der Waals surface area contributed by atoms with Crippen LogP contribution in [-0.2, 0) is 19.1 Å². The van der Waals surface area contributed by atoms with Crippen LogP contribution in [0.4, 0.5) is 13.2 Å². The molecule has 40 heavy (non-hydrogen) atoms. The van der Waals surface area contributed by atoms with Gasteiger partial charge in [0.1, 0.15) is 5.82 Å². The summed E-state index contributed by atoms with van der Waals surface area (Å²) in [5, 5.41) is 3.29. The molecule has 0 bridgehead atoms. The molecule has 2 aromatic heterocycles. The van der Waals surface area contributed by atoms with Gasteiger partial charge >= 0.3 is 6.18 Å². The molecule has 3 heterocycles. The van der Waals surface area contributed by atoms with Crippen LogP contribution in [0, 0.1) is 0 Å². The number of aryl methyl sites for hydroxylation is 1. The summed E-state index contributed by atoms with van der Waals surface area (Å²) in [7, 11) is 0. The molecule has 2 amide bonds. The van der Waals surface area contributed by atoms with Crippen LogP contribution in [-0.4, -0.2) is 37.8 Å². The molecule has 6 rings (SSSR count). The highest BCUT2D eigenvalue weighted by Gasteiger charge is 2.39. The fourth-order valence-electron chi connectivity index (χ4n) is 5.89. The fourth-order valence-corrected chi connectivity index (χ4v) is 5.89. The first-order valence-corrected chi connectivity index (χ1v) is 13.5. The molecule has 0 spiro atoms. The van der Waals surface area contributed by atoms with Crippen molar-refractivity contribution in [1.82, 2.24) is 25.2 Å². The number of carbonyl (C=O) groups excluding carboxylic acids is 2. The molecule has 7 nitrogen and oxygen atoms in total. The Kier molecular flexibility index (Phi) is 6.87. The Morgan fingerprint density at radius 3 is 2.58 bits per heavy atom. The van der Waals surface area contributed by atoms with E-state index in [1.165, 1.54) is 16.5 Å². The van der Waals surface area contributed by atoms with Gasteiger partial charge in [0.2, 0.25) is 0 Å². The third-order valence-electron chi connectivity index (χ3n) is 7.84. The average Bonchev–Trinajstić information content (AvgIpc) is 3.48. The van der Waals surface area contributed by atoms with Crippen molar-refractivity contribution in [2.24, 2.45) is 0 Å². The molecule has 2 aromatic carbocycles. The molecule has 2 unspecified atom stereocenters. The first kappa shape index (κ1) is 26.2. The summed E-state index contributed by atoms with van der Waals surface area (Å²) in [5.41, 5.74) is 3.07. The zero-order chi connectivity index (χ0) is 27.9. The second-order valence-electron chi connectivity index (χ2n) is 10.4. The number of imidazole rings is 1. The smallest absolute Gasteiger partial charge is 0.341 e. The van der Waals surface area contributed by atoms with E-state index >= 15 is 0 Å². The van der Waals surface area contributed by atoms with Crippen molar-refractivity contribution < 1.29 is 22.8 Å². The summed E-state index contributed by atoms with van der Waals surface area (Å²) in [5.74, 6) is 0.0247. The lowest BCUT2D eigenvalue weighted by Gasteiger charge is -2.29. The van der Waals surface area contributed by atoms with E-state index in [0.29, 0.717) is 34.8 Å². The molecule has 10 heteroatoms. The van der Waals surface area contributed by atoms with Crippen molar-refractivity contribution in [3.05, 3.63) is 94.6 Å². The maximum atomic E-state index is 13.3. The zero-order valence-corrected chi connectivity index (χ0v) is 21.7. The van der Waals surface area contributed by atoms with Gasteiger partial charge in [-0.3, -0.25) is 24.8 Å². The lowest BCUT2D eigenvalue weighted by atomic mass is 9.83. The number of imide groups is 1. The lowest BCUT2D eigenvalue weighted by molar-refractivity contribution is -0.137. The number of benzene rings is 2. The number of aromatic amines is 1. The normalized spacial score (nSPS) is 17.8. The number of nitrogens with one attached hydrogen (secondary N) is 2. The Bertz CT molecular complexity index is 1550. The van der Waals surface area contributed by atoms with Gasteiger partial charge < -0.3 is 4.98 Å². The first-order valence-electron chi connectivity index (χ1n) is 13.5. The summed E-state index contributed by atoms with van der Waals surface area (Å²) in [6.45, 7) is 0.141. The standard InChI is InChI=1S/C30H28F3N5O2/c31-30(32,33)20-13-14-23-24(16-20)37-25(36-23)17-35-26(38-28(39)21-10-1-2-11-22(21)29(38)40)12-4-8-18-6-3-7-19-9-5-15-34-27(18)19/h1-2,5,9-11,13-16,18,26,35H,3-4,6-8,12,17H2,(H,36,37). The Morgan fingerprint density at radius 2 is 1.82 bits per heavy atom. The molecular formula is C30H28F3N5O2. The van der Waals surface area contributed by atoms with Crippen LogP contribution >= 0.6 is 0 Å². The Hall–Kier alpha value is -4.05. The Balaban J connectivity index is 1.20. The topological polar surface area (TPSA) is 91.0 Å². The molecule has 2 aliphatic rings. The molecule has 2 atom stereocenters. The molecular weight excluding hydrogens is 519 g/mol. The Labute approximate surface area is 228 Å². The van der Waals surface area contributed by atoms with Gasteiger partial charge in [0.05, 0.1) is 40.4 Å². The van der Waals surface area contributed by atoms with E-state index in [-0.39, 0.29) is 23.9 Å². The number of amides is 2. The SMILES string of the molecule is O=C1c2ccccc2C(=O)N1C(CCCC1CCCc2cccnc21)NCc1nc2cc(C(F)(F)F)ccc2[nH]1. The van der Waals surface area contributed by atoms with Crippen molar-refractivity contribution in [2.75, 3.05) is 0 Å². The molecule has 0 saturated heterocycles. The number of fused-ring (bicyclic) bond motifs is 3. The summed E-state index contributed by atoms with van der Waals surface area (Å²) in [6.07, 6.45) is 2.07. The van der Waals surface area contributed by atoms with Gasteiger partial charge in [0.25, 0.3) is 11.8 Å². The monoisotopic (exact) mass is 547 g/mol. The predicted octanol–water partition coefficient (Wildman–Crippen LogP) is 5.98. The molecule has 1 aliphatic carbocycles. The average molecular weight is 548 g/mol. The predicted molar refractivity (Wildman–Crippen MR) is 142 cm³/mol. The summed E-state index contributed by atoms with van der Waals surface area (Å²) in [6, 6.07) is 14.2. The van der Waals surface area contributed by atoms with E-state index in [1.54, 1.807) is 24.3 Å². The molecule has 0 fully saturated rings.